The van der Waals surface area contributed by atoms with Crippen molar-refractivity contribution in [3.05, 3.63) is 65.5 Å². The molecule has 4 rings (SSSR count). The Hall–Kier alpha value is -3.22. The number of nitrogens with zero attached hydrogens (tertiary/aromatic N) is 3. The second-order valence-electron chi connectivity index (χ2n) is 9.18. The summed E-state index contributed by atoms with van der Waals surface area (Å²) in [4.78, 5) is 43.8. The lowest BCUT2D eigenvalue weighted by Gasteiger charge is -2.30. The monoisotopic (exact) mass is 423 g/mol. The highest BCUT2D eigenvalue weighted by Gasteiger charge is 2.50. The number of benzene rings is 2. The van der Waals surface area contributed by atoms with E-state index in [1.54, 1.807) is 9.80 Å². The van der Waals surface area contributed by atoms with Crippen LogP contribution in [0.25, 0.3) is 0 Å². The van der Waals surface area contributed by atoms with Crippen molar-refractivity contribution >= 4 is 23.5 Å². The molecule has 2 aromatic rings. The van der Waals surface area contributed by atoms with Gasteiger partial charge in [0.2, 0.25) is 5.91 Å². The molecule has 31 heavy (non-hydrogen) atoms. The van der Waals surface area contributed by atoms with E-state index in [2.05, 4.69) is 0 Å². The number of urea groups is 1. The molecule has 0 radical (unpaired) electrons. The quantitative estimate of drug-likeness (QED) is 0.711. The van der Waals surface area contributed by atoms with Crippen LogP contribution in [0.4, 0.5) is 14.9 Å². The standard InChI is InChI=1S/C24H26FN3O3/c1-16-4-6-17(7-5-16)12-21(29)26-13-20-22(30)28(19-10-8-18(25)9-11-19)23(31)27(20)15-24(2,3)14-26/h4-11,20H,12-15H2,1-3H3. The van der Waals surface area contributed by atoms with E-state index in [1.165, 1.54) is 24.3 Å². The van der Waals surface area contributed by atoms with Crippen LogP contribution in [-0.2, 0) is 16.0 Å². The molecule has 0 bridgehead atoms. The predicted octanol–water partition coefficient (Wildman–Crippen LogP) is 3.38. The van der Waals surface area contributed by atoms with Gasteiger partial charge in [-0.15, -0.1) is 0 Å². The minimum absolute atomic E-state index is 0.0701. The Morgan fingerprint density at radius 2 is 1.68 bits per heavy atom. The van der Waals surface area contributed by atoms with Gasteiger partial charge in [-0.1, -0.05) is 43.7 Å². The summed E-state index contributed by atoms with van der Waals surface area (Å²) < 4.78 is 13.3. The number of anilines is 1. The number of rotatable bonds is 3. The van der Waals surface area contributed by atoms with Crippen molar-refractivity contribution in [2.24, 2.45) is 5.41 Å². The minimum Gasteiger partial charge on any atom is -0.339 e. The topological polar surface area (TPSA) is 60.9 Å². The van der Waals surface area contributed by atoms with Crippen molar-refractivity contribution in [2.75, 3.05) is 24.5 Å². The molecule has 2 saturated heterocycles. The zero-order valence-electron chi connectivity index (χ0n) is 18.0. The Kier molecular flexibility index (Phi) is 5.29. The molecule has 162 valence electrons. The third kappa shape index (κ3) is 4.17. The summed E-state index contributed by atoms with van der Waals surface area (Å²) in [5, 5.41) is 0. The molecule has 2 aliphatic heterocycles. The molecule has 0 aromatic heterocycles. The zero-order chi connectivity index (χ0) is 22.3. The zero-order valence-corrected chi connectivity index (χ0v) is 18.0. The van der Waals surface area contributed by atoms with Crippen LogP contribution in [0.1, 0.15) is 25.0 Å². The van der Waals surface area contributed by atoms with E-state index in [-0.39, 0.29) is 30.2 Å². The number of carbonyl (C=O) groups is 3. The smallest absolute Gasteiger partial charge is 0.332 e. The largest absolute Gasteiger partial charge is 0.339 e. The first-order valence-corrected chi connectivity index (χ1v) is 10.4. The summed E-state index contributed by atoms with van der Waals surface area (Å²) >= 11 is 0. The van der Waals surface area contributed by atoms with E-state index in [9.17, 15) is 18.8 Å². The molecule has 1 atom stereocenters. The van der Waals surface area contributed by atoms with Crippen molar-refractivity contribution in [1.82, 2.24) is 9.80 Å². The third-order valence-electron chi connectivity index (χ3n) is 5.84. The van der Waals surface area contributed by atoms with E-state index in [0.717, 1.165) is 16.0 Å². The average Bonchev–Trinajstić information content (AvgIpc) is 2.85. The maximum absolute atomic E-state index is 13.3. The molecular formula is C24H26FN3O3. The fraction of sp³-hybridized carbons (Fsp3) is 0.375. The normalized spacial score (nSPS) is 20.6. The van der Waals surface area contributed by atoms with Crippen LogP contribution in [0.3, 0.4) is 0 Å². The first kappa shape index (κ1) is 21.0. The molecule has 6 nitrogen and oxygen atoms in total. The van der Waals surface area contributed by atoms with E-state index in [0.29, 0.717) is 18.8 Å². The maximum atomic E-state index is 13.3. The van der Waals surface area contributed by atoms with Gasteiger partial charge in [0, 0.05) is 18.5 Å². The van der Waals surface area contributed by atoms with Crippen molar-refractivity contribution in [2.45, 2.75) is 33.2 Å². The number of imide groups is 1. The van der Waals surface area contributed by atoms with Crippen LogP contribution in [0, 0.1) is 18.2 Å². The molecular weight excluding hydrogens is 397 g/mol. The predicted molar refractivity (Wildman–Crippen MR) is 115 cm³/mol. The van der Waals surface area contributed by atoms with Gasteiger partial charge in [-0.25, -0.2) is 14.1 Å². The fourth-order valence-electron chi connectivity index (χ4n) is 4.30. The number of hydrogen-bond donors (Lipinski definition) is 0. The number of amides is 4. The summed E-state index contributed by atoms with van der Waals surface area (Å²) in [6, 6.07) is 11.9. The summed E-state index contributed by atoms with van der Waals surface area (Å²) in [5.74, 6) is -0.895. The first-order valence-electron chi connectivity index (χ1n) is 10.4. The minimum atomic E-state index is -0.749. The highest BCUT2D eigenvalue weighted by Crippen LogP contribution is 2.32. The average molecular weight is 423 g/mol. The maximum Gasteiger partial charge on any atom is 0.332 e. The molecule has 0 spiro atoms. The first-order chi connectivity index (χ1) is 14.6. The van der Waals surface area contributed by atoms with Gasteiger partial charge in [-0.05, 0) is 36.8 Å². The van der Waals surface area contributed by atoms with Crippen molar-refractivity contribution < 1.29 is 18.8 Å². The van der Waals surface area contributed by atoms with Crippen molar-refractivity contribution in [3.8, 4) is 0 Å². The van der Waals surface area contributed by atoms with Crippen LogP contribution >= 0.6 is 0 Å². The summed E-state index contributed by atoms with van der Waals surface area (Å²) in [7, 11) is 0. The Bertz CT molecular complexity index is 1020. The molecule has 7 heteroatoms. The molecule has 0 saturated carbocycles. The van der Waals surface area contributed by atoms with Gasteiger partial charge in [0.1, 0.15) is 11.9 Å². The highest BCUT2D eigenvalue weighted by atomic mass is 19.1. The molecule has 0 aliphatic carbocycles. The van der Waals surface area contributed by atoms with Crippen LogP contribution < -0.4 is 4.90 Å². The van der Waals surface area contributed by atoms with Crippen LogP contribution in [0.15, 0.2) is 48.5 Å². The second-order valence-corrected chi connectivity index (χ2v) is 9.18. The van der Waals surface area contributed by atoms with Gasteiger partial charge < -0.3 is 9.80 Å². The number of aryl methyl sites for hydroxylation is 1. The number of halogens is 1. The van der Waals surface area contributed by atoms with Crippen LogP contribution in [-0.4, -0.2) is 53.3 Å². The van der Waals surface area contributed by atoms with Gasteiger partial charge in [-0.2, -0.15) is 0 Å². The molecule has 2 aliphatic rings. The van der Waals surface area contributed by atoms with E-state index in [1.807, 2.05) is 45.0 Å². The van der Waals surface area contributed by atoms with Gasteiger partial charge in [0.15, 0.2) is 0 Å². The lowest BCUT2D eigenvalue weighted by molar-refractivity contribution is -0.132. The van der Waals surface area contributed by atoms with Crippen molar-refractivity contribution in [1.29, 1.82) is 0 Å². The lowest BCUT2D eigenvalue weighted by atomic mass is 9.92. The molecule has 1 unspecified atom stereocenters. The van der Waals surface area contributed by atoms with Gasteiger partial charge in [0.25, 0.3) is 5.91 Å². The van der Waals surface area contributed by atoms with E-state index < -0.39 is 17.9 Å². The molecule has 2 heterocycles. The van der Waals surface area contributed by atoms with Crippen LogP contribution in [0.2, 0.25) is 0 Å². The van der Waals surface area contributed by atoms with Crippen molar-refractivity contribution in [3.63, 3.8) is 0 Å². The number of fused-ring (bicyclic) bond motifs is 1. The summed E-state index contributed by atoms with van der Waals surface area (Å²) in [6.07, 6.45) is 0.243. The fourth-order valence-corrected chi connectivity index (χ4v) is 4.30. The van der Waals surface area contributed by atoms with Gasteiger partial charge in [-0.3, -0.25) is 9.59 Å². The Labute approximate surface area is 181 Å². The SMILES string of the molecule is Cc1ccc(CC(=O)N2CC3C(=O)N(c4ccc(F)cc4)C(=O)N3CC(C)(C)C2)cc1. The van der Waals surface area contributed by atoms with Crippen LogP contribution in [0.5, 0.6) is 0 Å². The van der Waals surface area contributed by atoms with Gasteiger partial charge in [0.05, 0.1) is 18.7 Å². The number of carbonyl (C=O) groups excluding carboxylic acids is 3. The lowest BCUT2D eigenvalue weighted by Crippen LogP contribution is -2.44. The summed E-state index contributed by atoms with van der Waals surface area (Å²) in [5.41, 5.74) is 1.99. The summed E-state index contributed by atoms with van der Waals surface area (Å²) in [6.45, 7) is 6.93. The van der Waals surface area contributed by atoms with E-state index in [4.69, 9.17) is 0 Å². The Morgan fingerprint density at radius 3 is 2.32 bits per heavy atom. The second kappa shape index (κ2) is 7.80. The number of hydrogen-bond acceptors (Lipinski definition) is 3. The third-order valence-corrected chi connectivity index (χ3v) is 5.84. The highest BCUT2D eigenvalue weighted by molar-refractivity contribution is 6.21. The molecule has 2 aromatic carbocycles. The van der Waals surface area contributed by atoms with Gasteiger partial charge >= 0.3 is 6.03 Å². The molecule has 2 fully saturated rings. The molecule has 0 N–H and O–H groups in total. The Balaban J connectivity index is 1.59. The van der Waals surface area contributed by atoms with E-state index >= 15 is 0 Å². The molecule has 4 amide bonds. The Morgan fingerprint density at radius 1 is 1.03 bits per heavy atom.